The largest absolute Gasteiger partial charge is 0.463 e. The Morgan fingerprint density at radius 3 is 2.72 bits per heavy atom. The van der Waals surface area contributed by atoms with Crippen LogP contribution < -0.4 is 11.1 Å². The molecule has 0 aliphatic carbocycles. The fourth-order valence-corrected chi connectivity index (χ4v) is 3.20. The van der Waals surface area contributed by atoms with Crippen molar-refractivity contribution in [3.05, 3.63) is 57.9 Å². The van der Waals surface area contributed by atoms with Gasteiger partial charge in [0, 0.05) is 29.8 Å². The van der Waals surface area contributed by atoms with Crippen LogP contribution in [0.15, 0.2) is 52.3 Å². The van der Waals surface area contributed by atoms with E-state index in [4.69, 9.17) is 22.1 Å². The molecule has 2 rings (SSSR count). The molecule has 6 heteroatoms. The summed E-state index contributed by atoms with van der Waals surface area (Å²) in [6, 6.07) is 7.45. The Balaban J connectivity index is 2.73. The van der Waals surface area contributed by atoms with Gasteiger partial charge in [0.05, 0.1) is 17.9 Å². The number of carbonyl (C=O) groups excluding carboxylic acids is 1. The van der Waals surface area contributed by atoms with E-state index in [-0.39, 0.29) is 5.97 Å². The first-order valence-corrected chi connectivity index (χ1v) is 8.79. The van der Waals surface area contributed by atoms with E-state index in [0.717, 1.165) is 12.0 Å². The molecule has 1 atom stereocenters. The maximum Gasteiger partial charge on any atom is 0.336 e. The van der Waals surface area contributed by atoms with Gasteiger partial charge < -0.3 is 15.8 Å². The van der Waals surface area contributed by atoms with Crippen LogP contribution in [-0.2, 0) is 9.53 Å². The molecule has 0 radical (unpaired) electrons. The third kappa shape index (κ3) is 4.04. The zero-order valence-corrected chi connectivity index (χ0v) is 15.6. The average molecular weight is 362 g/mol. The number of nitrogens with two attached hydrogens (primary N) is 1. The second-order valence-electron chi connectivity index (χ2n) is 5.67. The molecule has 1 aliphatic rings. The lowest BCUT2D eigenvalue weighted by molar-refractivity contribution is -0.138. The van der Waals surface area contributed by atoms with Crippen molar-refractivity contribution in [3.8, 4) is 0 Å². The number of carbonyl (C=O) groups is 1. The van der Waals surface area contributed by atoms with Crippen LogP contribution in [0, 0.1) is 0 Å². The monoisotopic (exact) mass is 361 g/mol. The number of hydrogen-bond donors (Lipinski definition) is 2. The molecule has 1 unspecified atom stereocenters. The minimum Gasteiger partial charge on any atom is -0.463 e. The zero-order chi connectivity index (χ0) is 18.4. The van der Waals surface area contributed by atoms with Crippen LogP contribution in [0.4, 0.5) is 0 Å². The van der Waals surface area contributed by atoms with Gasteiger partial charge in [0.15, 0.2) is 0 Å². The predicted molar refractivity (Wildman–Crippen MR) is 102 cm³/mol. The van der Waals surface area contributed by atoms with E-state index in [1.54, 1.807) is 26.2 Å². The Morgan fingerprint density at radius 1 is 1.40 bits per heavy atom. The highest BCUT2D eigenvalue weighted by Gasteiger charge is 2.36. The molecular weight excluding hydrogens is 338 g/mol. The number of esters is 1. The van der Waals surface area contributed by atoms with E-state index in [9.17, 15) is 4.79 Å². The van der Waals surface area contributed by atoms with Gasteiger partial charge >= 0.3 is 5.97 Å². The zero-order valence-electron chi connectivity index (χ0n) is 14.8. The van der Waals surface area contributed by atoms with Crippen LogP contribution in [-0.4, -0.2) is 25.5 Å². The quantitative estimate of drug-likeness (QED) is 0.760. The van der Waals surface area contributed by atoms with Gasteiger partial charge in [0.25, 0.3) is 0 Å². The molecule has 0 saturated heterocycles. The van der Waals surface area contributed by atoms with Crippen LogP contribution in [0.2, 0.25) is 5.02 Å². The van der Waals surface area contributed by atoms with E-state index in [1.807, 2.05) is 25.1 Å². The molecule has 0 bridgehead atoms. The van der Waals surface area contributed by atoms with E-state index in [2.05, 4.69) is 10.3 Å². The normalized spacial score (nSPS) is 19.0. The molecule has 134 valence electrons. The summed E-state index contributed by atoms with van der Waals surface area (Å²) in [5.41, 5.74) is 8.90. The van der Waals surface area contributed by atoms with Gasteiger partial charge in [-0.05, 0) is 25.0 Å². The fraction of sp³-hybridized carbons (Fsp3) is 0.368. The number of nitrogens with zero attached hydrogens (tertiary/aromatic N) is 1. The topological polar surface area (TPSA) is 76.7 Å². The second-order valence-corrected chi connectivity index (χ2v) is 6.08. The maximum absolute atomic E-state index is 12.8. The summed E-state index contributed by atoms with van der Waals surface area (Å²) in [5.74, 6) is -0.413. The number of amidine groups is 1. The predicted octanol–water partition coefficient (Wildman–Crippen LogP) is 3.52. The number of rotatable bonds is 6. The van der Waals surface area contributed by atoms with Crippen molar-refractivity contribution in [1.82, 2.24) is 5.32 Å². The van der Waals surface area contributed by atoms with Crippen molar-refractivity contribution in [2.75, 3.05) is 13.7 Å². The van der Waals surface area contributed by atoms with E-state index in [1.165, 1.54) is 0 Å². The lowest BCUT2D eigenvalue weighted by Crippen LogP contribution is -2.30. The number of ether oxygens (including phenoxy) is 1. The summed E-state index contributed by atoms with van der Waals surface area (Å²) in [6.07, 6.45) is 3.24. The molecule has 0 aromatic heterocycles. The van der Waals surface area contributed by atoms with Crippen molar-refractivity contribution < 1.29 is 9.53 Å². The van der Waals surface area contributed by atoms with Gasteiger partial charge in [0.1, 0.15) is 5.84 Å². The standard InChI is InChI=1S/C19H24ClN3O2/c1-4-8-15-17(19(24)25-5-2)16(12-9-6-7-10-14(12)20)13(11-22-3)18(21)23-15/h6-7,9-11,16,22H,4-5,8H2,1-3H3,(H2,21,23)/b13-11-. The van der Waals surface area contributed by atoms with E-state index in [0.29, 0.717) is 40.7 Å². The molecular formula is C19H24ClN3O2. The van der Waals surface area contributed by atoms with Crippen LogP contribution >= 0.6 is 11.6 Å². The summed E-state index contributed by atoms with van der Waals surface area (Å²) < 4.78 is 5.31. The van der Waals surface area contributed by atoms with Crippen molar-refractivity contribution in [2.45, 2.75) is 32.6 Å². The molecule has 0 amide bonds. The minimum atomic E-state index is -0.417. The lowest BCUT2D eigenvalue weighted by Gasteiger charge is -2.29. The number of nitrogens with one attached hydrogen (secondary N) is 1. The smallest absolute Gasteiger partial charge is 0.336 e. The maximum atomic E-state index is 12.8. The fourth-order valence-electron chi connectivity index (χ4n) is 2.96. The molecule has 0 fully saturated rings. The molecule has 1 aliphatic heterocycles. The van der Waals surface area contributed by atoms with E-state index >= 15 is 0 Å². The van der Waals surface area contributed by atoms with Crippen molar-refractivity contribution >= 4 is 23.4 Å². The molecule has 0 spiro atoms. The Bertz CT molecular complexity index is 738. The second kappa shape index (κ2) is 8.72. The number of allylic oxidation sites excluding steroid dienone is 1. The summed E-state index contributed by atoms with van der Waals surface area (Å²) in [4.78, 5) is 17.2. The van der Waals surface area contributed by atoms with Crippen LogP contribution in [0.1, 0.15) is 38.2 Å². The third-order valence-corrected chi connectivity index (χ3v) is 4.30. The van der Waals surface area contributed by atoms with Gasteiger partial charge in [-0.1, -0.05) is 43.1 Å². The molecule has 3 N–H and O–H groups in total. The average Bonchev–Trinajstić information content (AvgIpc) is 2.58. The van der Waals surface area contributed by atoms with Crippen LogP contribution in [0.5, 0.6) is 0 Å². The Kier molecular flexibility index (Phi) is 6.65. The first kappa shape index (κ1) is 19.1. The minimum absolute atomic E-state index is 0.293. The van der Waals surface area contributed by atoms with Gasteiger partial charge in [-0.25, -0.2) is 9.79 Å². The Morgan fingerprint density at radius 2 is 2.12 bits per heavy atom. The Hall–Kier alpha value is -2.27. The van der Waals surface area contributed by atoms with Crippen molar-refractivity contribution in [3.63, 3.8) is 0 Å². The summed E-state index contributed by atoms with van der Waals surface area (Å²) >= 11 is 6.44. The van der Waals surface area contributed by atoms with Gasteiger partial charge in [0.2, 0.25) is 0 Å². The summed E-state index contributed by atoms with van der Waals surface area (Å²) in [5, 5.41) is 3.56. The number of benzene rings is 1. The first-order chi connectivity index (χ1) is 12.0. The van der Waals surface area contributed by atoms with Crippen LogP contribution in [0.25, 0.3) is 0 Å². The van der Waals surface area contributed by atoms with Crippen molar-refractivity contribution in [2.24, 2.45) is 10.7 Å². The van der Waals surface area contributed by atoms with Gasteiger partial charge in [-0.3, -0.25) is 0 Å². The summed E-state index contributed by atoms with van der Waals surface area (Å²) in [6.45, 7) is 4.11. The molecule has 0 saturated carbocycles. The molecule has 25 heavy (non-hydrogen) atoms. The number of aliphatic imine (C=N–C) groups is 1. The summed E-state index contributed by atoms with van der Waals surface area (Å²) in [7, 11) is 1.78. The SMILES string of the molecule is CCCC1=C(C(=O)OCC)C(c2ccccc2Cl)/C(=C/NC)C(N)=N1. The highest BCUT2D eigenvalue weighted by atomic mass is 35.5. The molecule has 1 aromatic rings. The molecule has 1 heterocycles. The Labute approximate surface area is 153 Å². The van der Waals surface area contributed by atoms with E-state index < -0.39 is 5.92 Å². The van der Waals surface area contributed by atoms with Crippen LogP contribution in [0.3, 0.4) is 0 Å². The van der Waals surface area contributed by atoms with Gasteiger partial charge in [-0.15, -0.1) is 0 Å². The lowest BCUT2D eigenvalue weighted by atomic mass is 9.80. The number of halogens is 1. The molecule has 5 nitrogen and oxygen atoms in total. The highest BCUT2D eigenvalue weighted by Crippen LogP contribution is 2.41. The van der Waals surface area contributed by atoms with Gasteiger partial charge in [-0.2, -0.15) is 0 Å². The first-order valence-electron chi connectivity index (χ1n) is 8.41. The highest BCUT2D eigenvalue weighted by molar-refractivity contribution is 6.31. The van der Waals surface area contributed by atoms with Crippen molar-refractivity contribution in [1.29, 1.82) is 0 Å². The molecule has 1 aromatic carbocycles. The third-order valence-electron chi connectivity index (χ3n) is 3.96. The number of hydrogen-bond acceptors (Lipinski definition) is 5.